The summed E-state index contributed by atoms with van der Waals surface area (Å²) in [4.78, 5) is 11.8. The Morgan fingerprint density at radius 1 is 1.27 bits per heavy atom. The average molecular weight is 202 g/mol. The van der Waals surface area contributed by atoms with E-state index in [0.29, 0.717) is 11.7 Å². The van der Waals surface area contributed by atoms with Crippen LogP contribution in [-0.4, -0.2) is 18.5 Å². The Morgan fingerprint density at radius 2 is 2.07 bits per heavy atom. The lowest BCUT2D eigenvalue weighted by Gasteiger charge is -2.28. The number of benzene rings is 1. The maximum Gasteiger partial charge on any atom is 0.165 e. The monoisotopic (exact) mass is 202 g/mol. The van der Waals surface area contributed by atoms with E-state index in [0.717, 1.165) is 19.4 Å². The summed E-state index contributed by atoms with van der Waals surface area (Å²) in [6.45, 7) is 0.793. The highest BCUT2D eigenvalue weighted by Crippen LogP contribution is 2.38. The predicted octanol–water partition coefficient (Wildman–Crippen LogP) is 1.83. The number of rotatable bonds is 2. The third kappa shape index (κ3) is 1.49. The zero-order valence-corrected chi connectivity index (χ0v) is 8.56. The van der Waals surface area contributed by atoms with Gasteiger partial charge in [0.25, 0.3) is 0 Å². The van der Waals surface area contributed by atoms with E-state index in [1.54, 1.807) is 0 Å². The van der Waals surface area contributed by atoms with Crippen LogP contribution in [0.2, 0.25) is 0 Å². The van der Waals surface area contributed by atoms with Gasteiger partial charge in [-0.1, -0.05) is 30.3 Å². The van der Waals surface area contributed by atoms with Gasteiger partial charge in [-0.25, -0.2) is 0 Å². The zero-order valence-electron chi connectivity index (χ0n) is 8.56. The third-order valence-electron chi connectivity index (χ3n) is 3.51. The fourth-order valence-electron chi connectivity index (χ4n) is 2.63. The zero-order chi connectivity index (χ0) is 10.3. The van der Waals surface area contributed by atoms with Crippen molar-refractivity contribution in [3.8, 4) is 0 Å². The standard InChI is InChI=1S/C13H14O2/c14-12-10(7-11-8-15-13(11)12)6-9-4-2-1-3-5-9/h1-5,10-11,13H,6-8H2/t10-,11+,13?/m1/s1. The Hall–Kier alpha value is -1.15. The van der Waals surface area contributed by atoms with Crippen molar-refractivity contribution in [2.75, 3.05) is 6.61 Å². The maximum absolute atomic E-state index is 11.8. The molecule has 0 spiro atoms. The molecule has 2 heteroatoms. The molecule has 3 atom stereocenters. The first-order valence-corrected chi connectivity index (χ1v) is 5.54. The second-order valence-electron chi connectivity index (χ2n) is 4.54. The normalized spacial score (nSPS) is 33.6. The number of fused-ring (bicyclic) bond motifs is 1. The average Bonchev–Trinajstić information content (AvgIpc) is 2.42. The van der Waals surface area contributed by atoms with Crippen LogP contribution in [-0.2, 0) is 16.0 Å². The lowest BCUT2D eigenvalue weighted by molar-refractivity contribution is -0.147. The van der Waals surface area contributed by atoms with E-state index in [9.17, 15) is 4.79 Å². The second kappa shape index (κ2) is 3.46. The Labute approximate surface area is 89.2 Å². The molecule has 1 aliphatic carbocycles. The molecule has 1 aromatic rings. The van der Waals surface area contributed by atoms with Crippen LogP contribution in [0.5, 0.6) is 0 Å². The number of ketones is 1. The largest absolute Gasteiger partial charge is 0.370 e. The summed E-state index contributed by atoms with van der Waals surface area (Å²) in [5.74, 6) is 1.05. The van der Waals surface area contributed by atoms with Crippen molar-refractivity contribution in [2.24, 2.45) is 11.8 Å². The number of carbonyl (C=O) groups is 1. The van der Waals surface area contributed by atoms with Gasteiger partial charge < -0.3 is 4.74 Å². The van der Waals surface area contributed by atoms with E-state index in [2.05, 4.69) is 12.1 Å². The van der Waals surface area contributed by atoms with Gasteiger partial charge >= 0.3 is 0 Å². The molecule has 1 heterocycles. The summed E-state index contributed by atoms with van der Waals surface area (Å²) in [5.41, 5.74) is 1.26. The Kier molecular flexibility index (Phi) is 2.10. The molecule has 0 amide bonds. The van der Waals surface area contributed by atoms with Crippen molar-refractivity contribution < 1.29 is 9.53 Å². The van der Waals surface area contributed by atoms with Crippen molar-refractivity contribution in [1.82, 2.24) is 0 Å². The lowest BCUT2D eigenvalue weighted by Crippen LogP contribution is -2.39. The Bertz CT molecular complexity index is 371. The molecule has 3 rings (SSSR count). The molecule has 15 heavy (non-hydrogen) atoms. The maximum atomic E-state index is 11.8. The fraction of sp³-hybridized carbons (Fsp3) is 0.462. The van der Waals surface area contributed by atoms with Crippen molar-refractivity contribution >= 4 is 5.78 Å². The quantitative estimate of drug-likeness (QED) is 0.731. The molecule has 2 nitrogen and oxygen atoms in total. The van der Waals surface area contributed by atoms with Gasteiger partial charge in [0, 0.05) is 11.8 Å². The van der Waals surface area contributed by atoms with Gasteiger partial charge in [-0.2, -0.15) is 0 Å². The first-order valence-electron chi connectivity index (χ1n) is 5.54. The molecule has 0 aromatic heterocycles. The highest BCUT2D eigenvalue weighted by molar-refractivity contribution is 5.89. The van der Waals surface area contributed by atoms with Gasteiger partial charge in [-0.3, -0.25) is 4.79 Å². The van der Waals surface area contributed by atoms with Gasteiger partial charge in [-0.05, 0) is 18.4 Å². The number of Topliss-reactive ketones (excluding diaryl/α,β-unsaturated/α-hetero) is 1. The second-order valence-corrected chi connectivity index (χ2v) is 4.54. The molecule has 1 saturated heterocycles. The summed E-state index contributed by atoms with van der Waals surface area (Å²) in [6.07, 6.45) is 1.85. The highest BCUT2D eigenvalue weighted by atomic mass is 16.5. The summed E-state index contributed by atoms with van der Waals surface area (Å²) >= 11 is 0. The molecule has 1 aliphatic heterocycles. The first kappa shape index (κ1) is 9.10. The van der Waals surface area contributed by atoms with E-state index in [1.807, 2.05) is 18.2 Å². The molecule has 1 aromatic carbocycles. The van der Waals surface area contributed by atoms with E-state index >= 15 is 0 Å². The van der Waals surface area contributed by atoms with Crippen LogP contribution < -0.4 is 0 Å². The number of hydrogen-bond donors (Lipinski definition) is 0. The Morgan fingerprint density at radius 3 is 2.60 bits per heavy atom. The molecule has 2 fully saturated rings. The van der Waals surface area contributed by atoms with E-state index in [4.69, 9.17) is 4.74 Å². The number of carbonyl (C=O) groups excluding carboxylic acids is 1. The van der Waals surface area contributed by atoms with Crippen LogP contribution in [0, 0.1) is 11.8 Å². The molecule has 1 saturated carbocycles. The van der Waals surface area contributed by atoms with Crippen LogP contribution in [0.25, 0.3) is 0 Å². The highest BCUT2D eigenvalue weighted by Gasteiger charge is 2.48. The summed E-state index contributed by atoms with van der Waals surface area (Å²) in [6, 6.07) is 10.2. The molecule has 0 bridgehead atoms. The summed E-state index contributed by atoms with van der Waals surface area (Å²) < 4.78 is 5.29. The van der Waals surface area contributed by atoms with Crippen LogP contribution >= 0.6 is 0 Å². The first-order chi connectivity index (χ1) is 7.34. The van der Waals surface area contributed by atoms with E-state index < -0.39 is 0 Å². The molecule has 0 radical (unpaired) electrons. The minimum absolute atomic E-state index is 0.0567. The van der Waals surface area contributed by atoms with Crippen LogP contribution in [0.15, 0.2) is 30.3 Å². The van der Waals surface area contributed by atoms with Gasteiger partial charge in [0.2, 0.25) is 0 Å². The van der Waals surface area contributed by atoms with E-state index in [1.165, 1.54) is 5.56 Å². The molecular formula is C13H14O2. The van der Waals surface area contributed by atoms with Crippen LogP contribution in [0.4, 0.5) is 0 Å². The number of hydrogen-bond acceptors (Lipinski definition) is 2. The summed E-state index contributed by atoms with van der Waals surface area (Å²) in [7, 11) is 0. The predicted molar refractivity (Wildman–Crippen MR) is 56.5 cm³/mol. The van der Waals surface area contributed by atoms with Gasteiger partial charge in [0.15, 0.2) is 5.78 Å². The molecule has 2 aliphatic rings. The molecular weight excluding hydrogens is 188 g/mol. The summed E-state index contributed by atoms with van der Waals surface area (Å²) in [5, 5.41) is 0. The minimum Gasteiger partial charge on any atom is -0.370 e. The molecule has 78 valence electrons. The molecule has 1 unspecified atom stereocenters. The van der Waals surface area contributed by atoms with Crippen LogP contribution in [0.1, 0.15) is 12.0 Å². The smallest absolute Gasteiger partial charge is 0.165 e. The minimum atomic E-state index is -0.0567. The van der Waals surface area contributed by atoms with Crippen molar-refractivity contribution in [1.29, 1.82) is 0 Å². The number of ether oxygens (including phenoxy) is 1. The Balaban J connectivity index is 1.72. The van der Waals surface area contributed by atoms with Crippen molar-refractivity contribution in [3.63, 3.8) is 0 Å². The topological polar surface area (TPSA) is 26.3 Å². The van der Waals surface area contributed by atoms with Gasteiger partial charge in [0.05, 0.1) is 6.61 Å². The van der Waals surface area contributed by atoms with Crippen LogP contribution in [0.3, 0.4) is 0 Å². The van der Waals surface area contributed by atoms with Crippen molar-refractivity contribution in [2.45, 2.75) is 18.9 Å². The van der Waals surface area contributed by atoms with E-state index in [-0.39, 0.29) is 12.0 Å². The third-order valence-corrected chi connectivity index (χ3v) is 3.51. The van der Waals surface area contributed by atoms with Gasteiger partial charge in [-0.15, -0.1) is 0 Å². The van der Waals surface area contributed by atoms with Gasteiger partial charge in [0.1, 0.15) is 6.10 Å². The SMILES string of the molecule is O=C1C2OC[C@@H]2C[C@H]1Cc1ccccc1. The molecule has 0 N–H and O–H groups in total. The van der Waals surface area contributed by atoms with Crippen molar-refractivity contribution in [3.05, 3.63) is 35.9 Å². The fourth-order valence-corrected chi connectivity index (χ4v) is 2.63. The lowest BCUT2D eigenvalue weighted by atomic mass is 9.96.